The van der Waals surface area contributed by atoms with Gasteiger partial charge in [0.25, 0.3) is 0 Å². The third-order valence-electron chi connectivity index (χ3n) is 3.39. The summed E-state index contributed by atoms with van der Waals surface area (Å²) < 4.78 is 5.07. The first-order valence-corrected chi connectivity index (χ1v) is 7.02. The Balaban J connectivity index is 2.57. The van der Waals surface area contributed by atoms with Gasteiger partial charge in [-0.2, -0.15) is 0 Å². The number of carbonyl (C=O) groups excluding carboxylic acids is 1. The van der Waals surface area contributed by atoms with Gasteiger partial charge in [0.1, 0.15) is 0 Å². The van der Waals surface area contributed by atoms with Crippen molar-refractivity contribution in [2.24, 2.45) is 11.7 Å². The zero-order valence-electron chi connectivity index (χ0n) is 11.4. The summed E-state index contributed by atoms with van der Waals surface area (Å²) in [5.74, 6) is 0.386. The van der Waals surface area contributed by atoms with E-state index in [0.29, 0.717) is 30.6 Å². The van der Waals surface area contributed by atoms with Gasteiger partial charge in [-0.15, -0.1) is 0 Å². The Bertz CT molecular complexity index is 291. The van der Waals surface area contributed by atoms with Crippen molar-refractivity contribution >= 4 is 23.1 Å². The number of rotatable bonds is 7. The Morgan fingerprint density at radius 3 is 2.61 bits per heavy atom. The fourth-order valence-electron chi connectivity index (χ4n) is 2.56. The molecule has 0 saturated heterocycles. The molecule has 4 nitrogen and oxygen atoms in total. The number of hydrogen-bond acceptors (Lipinski definition) is 3. The Hall–Kier alpha value is -0.680. The zero-order chi connectivity index (χ0) is 13.5. The minimum Gasteiger partial charge on any atom is -0.392 e. The summed E-state index contributed by atoms with van der Waals surface area (Å²) >= 11 is 4.95. The molecule has 0 aromatic heterocycles. The van der Waals surface area contributed by atoms with Crippen LogP contribution < -0.4 is 5.73 Å². The van der Waals surface area contributed by atoms with E-state index in [2.05, 4.69) is 0 Å². The number of thiocarbonyl (C=S) groups is 1. The van der Waals surface area contributed by atoms with Crippen molar-refractivity contribution in [2.45, 2.75) is 45.1 Å². The molecule has 0 radical (unpaired) electrons. The first kappa shape index (κ1) is 15.4. The van der Waals surface area contributed by atoms with Crippen LogP contribution in [0, 0.1) is 5.92 Å². The van der Waals surface area contributed by atoms with Crippen molar-refractivity contribution in [1.29, 1.82) is 0 Å². The van der Waals surface area contributed by atoms with Crippen LogP contribution in [-0.4, -0.2) is 42.1 Å². The molecule has 18 heavy (non-hydrogen) atoms. The van der Waals surface area contributed by atoms with E-state index < -0.39 is 0 Å². The Kier molecular flexibility index (Phi) is 6.57. The highest BCUT2D eigenvalue weighted by Gasteiger charge is 2.27. The second-order valence-electron chi connectivity index (χ2n) is 5.19. The first-order valence-electron chi connectivity index (χ1n) is 6.61. The van der Waals surface area contributed by atoms with Crippen molar-refractivity contribution in [1.82, 2.24) is 4.90 Å². The first-order chi connectivity index (χ1) is 8.54. The van der Waals surface area contributed by atoms with E-state index in [0.717, 1.165) is 12.8 Å². The van der Waals surface area contributed by atoms with Crippen LogP contribution in [0.5, 0.6) is 0 Å². The lowest BCUT2D eigenvalue weighted by Gasteiger charge is -2.29. The van der Waals surface area contributed by atoms with Crippen LogP contribution in [-0.2, 0) is 9.53 Å². The predicted octanol–water partition coefficient (Wildman–Crippen LogP) is 1.72. The van der Waals surface area contributed by atoms with Crippen LogP contribution in [0.3, 0.4) is 0 Å². The van der Waals surface area contributed by atoms with Gasteiger partial charge >= 0.3 is 0 Å². The van der Waals surface area contributed by atoms with E-state index in [1.165, 1.54) is 12.8 Å². The number of nitrogens with zero attached hydrogens (tertiary/aromatic N) is 1. The molecule has 0 aliphatic heterocycles. The minimum absolute atomic E-state index is 0.152. The van der Waals surface area contributed by atoms with Crippen LogP contribution in [0.25, 0.3) is 0 Å². The molecule has 2 N–H and O–H groups in total. The third-order valence-corrected chi connectivity index (χ3v) is 3.52. The fraction of sp³-hybridized carbons (Fsp3) is 0.846. The number of methoxy groups -OCH3 is 1. The highest BCUT2D eigenvalue weighted by atomic mass is 32.1. The van der Waals surface area contributed by atoms with Crippen molar-refractivity contribution in [3.05, 3.63) is 0 Å². The molecule has 1 atom stereocenters. The molecule has 1 aliphatic carbocycles. The van der Waals surface area contributed by atoms with Crippen LogP contribution in [0.2, 0.25) is 0 Å². The van der Waals surface area contributed by atoms with E-state index in [9.17, 15) is 4.79 Å². The minimum atomic E-state index is 0.152. The standard InChI is InChI=1S/C13H24N2O2S/c1-10(9-17-2)7-13(16)15(8-12(14)18)11-5-3-4-6-11/h10-11H,3-9H2,1-2H3,(H2,14,18). The zero-order valence-corrected chi connectivity index (χ0v) is 12.2. The summed E-state index contributed by atoms with van der Waals surface area (Å²) in [6, 6.07) is 0.328. The van der Waals surface area contributed by atoms with Crippen LogP contribution in [0.4, 0.5) is 0 Å². The molecule has 0 bridgehead atoms. The average molecular weight is 272 g/mol. The third kappa shape index (κ3) is 4.90. The lowest BCUT2D eigenvalue weighted by atomic mass is 10.1. The molecule has 0 spiro atoms. The van der Waals surface area contributed by atoms with E-state index in [-0.39, 0.29) is 11.8 Å². The summed E-state index contributed by atoms with van der Waals surface area (Å²) in [6.45, 7) is 3.05. The molecule has 1 aliphatic rings. The fourth-order valence-corrected chi connectivity index (χ4v) is 2.70. The van der Waals surface area contributed by atoms with Gasteiger partial charge in [-0.25, -0.2) is 0 Å². The van der Waals surface area contributed by atoms with Crippen LogP contribution in [0.15, 0.2) is 0 Å². The Morgan fingerprint density at radius 2 is 2.11 bits per heavy atom. The van der Waals surface area contributed by atoms with Gasteiger partial charge < -0.3 is 15.4 Å². The quantitative estimate of drug-likeness (QED) is 0.717. The number of amides is 1. The van der Waals surface area contributed by atoms with Crippen LogP contribution in [0.1, 0.15) is 39.0 Å². The van der Waals surface area contributed by atoms with E-state index >= 15 is 0 Å². The second kappa shape index (κ2) is 7.69. The highest BCUT2D eigenvalue weighted by Crippen LogP contribution is 2.24. The second-order valence-corrected chi connectivity index (χ2v) is 5.72. The van der Waals surface area contributed by atoms with Gasteiger partial charge in [-0.1, -0.05) is 32.0 Å². The van der Waals surface area contributed by atoms with Gasteiger partial charge in [0.05, 0.1) is 11.5 Å². The Labute approximate surface area is 115 Å². The van der Waals surface area contributed by atoms with E-state index in [4.69, 9.17) is 22.7 Å². The summed E-state index contributed by atoms with van der Waals surface area (Å²) in [5.41, 5.74) is 5.60. The van der Waals surface area contributed by atoms with Gasteiger partial charge in [0.15, 0.2) is 0 Å². The maximum atomic E-state index is 12.3. The Morgan fingerprint density at radius 1 is 1.50 bits per heavy atom. The molecule has 0 aromatic rings. The van der Waals surface area contributed by atoms with E-state index in [1.807, 2.05) is 11.8 Å². The maximum absolute atomic E-state index is 12.3. The van der Waals surface area contributed by atoms with Crippen molar-refractivity contribution in [3.63, 3.8) is 0 Å². The number of carbonyl (C=O) groups is 1. The normalized spacial score (nSPS) is 17.7. The van der Waals surface area contributed by atoms with Gasteiger partial charge in [-0.05, 0) is 18.8 Å². The smallest absolute Gasteiger partial charge is 0.223 e. The number of hydrogen-bond donors (Lipinski definition) is 1. The van der Waals surface area contributed by atoms with Crippen molar-refractivity contribution < 1.29 is 9.53 Å². The topological polar surface area (TPSA) is 55.6 Å². The van der Waals surface area contributed by atoms with E-state index in [1.54, 1.807) is 7.11 Å². The molecular weight excluding hydrogens is 248 g/mol. The molecule has 1 amide bonds. The van der Waals surface area contributed by atoms with Gasteiger partial charge in [-0.3, -0.25) is 4.79 Å². The summed E-state index contributed by atoms with van der Waals surface area (Å²) in [4.78, 5) is 14.6. The van der Waals surface area contributed by atoms with Crippen molar-refractivity contribution in [3.8, 4) is 0 Å². The molecular formula is C13H24N2O2S. The number of ether oxygens (including phenoxy) is 1. The summed E-state index contributed by atoms with van der Waals surface area (Å²) in [5, 5.41) is 0. The SMILES string of the molecule is COCC(C)CC(=O)N(CC(N)=S)C1CCCC1. The molecule has 1 rings (SSSR count). The molecule has 104 valence electrons. The number of nitrogens with two attached hydrogens (primary N) is 1. The molecule has 1 unspecified atom stereocenters. The molecule has 5 heteroatoms. The summed E-state index contributed by atoms with van der Waals surface area (Å²) in [7, 11) is 1.66. The molecule has 1 saturated carbocycles. The molecule has 0 aromatic carbocycles. The largest absolute Gasteiger partial charge is 0.392 e. The highest BCUT2D eigenvalue weighted by molar-refractivity contribution is 7.80. The van der Waals surface area contributed by atoms with Gasteiger partial charge in [0.2, 0.25) is 5.91 Å². The van der Waals surface area contributed by atoms with Crippen LogP contribution >= 0.6 is 12.2 Å². The maximum Gasteiger partial charge on any atom is 0.223 e. The summed E-state index contributed by atoms with van der Waals surface area (Å²) in [6.07, 6.45) is 5.05. The lowest BCUT2D eigenvalue weighted by molar-refractivity contribution is -0.133. The average Bonchev–Trinajstić information content (AvgIpc) is 2.78. The molecule has 1 fully saturated rings. The van der Waals surface area contributed by atoms with Gasteiger partial charge in [0, 0.05) is 26.2 Å². The predicted molar refractivity (Wildman–Crippen MR) is 76.4 cm³/mol. The van der Waals surface area contributed by atoms with Crippen molar-refractivity contribution in [2.75, 3.05) is 20.3 Å². The molecule has 0 heterocycles. The lowest BCUT2D eigenvalue weighted by Crippen LogP contribution is -2.44. The monoisotopic (exact) mass is 272 g/mol.